The molecule has 1 aromatic rings. The van der Waals surface area contributed by atoms with Crippen molar-refractivity contribution in [2.45, 2.75) is 6.92 Å². The number of hydrogen-bond acceptors (Lipinski definition) is 4. The lowest BCUT2D eigenvalue weighted by Crippen LogP contribution is -2.18. The van der Waals surface area contributed by atoms with E-state index in [4.69, 9.17) is 11.5 Å². The van der Waals surface area contributed by atoms with E-state index in [9.17, 15) is 4.79 Å². The Balaban J connectivity index is 2.38. The molecule has 1 aromatic carbocycles. The van der Waals surface area contributed by atoms with Crippen LogP contribution in [0.25, 0.3) is 0 Å². The minimum atomic E-state index is -0.764. The van der Waals surface area contributed by atoms with Crippen LogP contribution in [0, 0.1) is 6.92 Å². The van der Waals surface area contributed by atoms with E-state index < -0.39 is 6.09 Å². The van der Waals surface area contributed by atoms with Crippen molar-refractivity contribution >= 4 is 17.5 Å². The van der Waals surface area contributed by atoms with Gasteiger partial charge in [-0.3, -0.25) is 0 Å². The zero-order valence-corrected chi connectivity index (χ0v) is 8.62. The number of amides is 1. The number of aryl methyl sites for hydroxylation is 1. The highest BCUT2D eigenvalue weighted by molar-refractivity contribution is 5.64. The Labute approximate surface area is 88.4 Å². The van der Waals surface area contributed by atoms with Crippen molar-refractivity contribution in [2.24, 2.45) is 5.73 Å². The van der Waals surface area contributed by atoms with Gasteiger partial charge in [0, 0.05) is 17.9 Å². The molecule has 15 heavy (non-hydrogen) atoms. The van der Waals surface area contributed by atoms with E-state index in [1.807, 2.05) is 25.1 Å². The first-order valence-corrected chi connectivity index (χ1v) is 4.62. The maximum absolute atomic E-state index is 10.3. The fourth-order valence-electron chi connectivity index (χ4n) is 1.10. The monoisotopic (exact) mass is 209 g/mol. The van der Waals surface area contributed by atoms with Gasteiger partial charge in [0.25, 0.3) is 0 Å². The molecular weight excluding hydrogens is 194 g/mol. The predicted molar refractivity (Wildman–Crippen MR) is 59.6 cm³/mol. The fourth-order valence-corrected chi connectivity index (χ4v) is 1.10. The number of ether oxygens (including phenoxy) is 1. The maximum atomic E-state index is 10.3. The first-order valence-electron chi connectivity index (χ1n) is 4.62. The summed E-state index contributed by atoms with van der Waals surface area (Å²) in [5, 5.41) is 3.06. The smallest absolute Gasteiger partial charge is 0.404 e. The molecule has 5 nitrogen and oxygen atoms in total. The van der Waals surface area contributed by atoms with Crippen molar-refractivity contribution in [1.82, 2.24) is 0 Å². The van der Waals surface area contributed by atoms with Gasteiger partial charge in [0.2, 0.25) is 0 Å². The minimum Gasteiger partial charge on any atom is -0.448 e. The summed E-state index contributed by atoms with van der Waals surface area (Å²) in [6.45, 7) is 2.68. The minimum absolute atomic E-state index is 0.239. The van der Waals surface area contributed by atoms with Crippen molar-refractivity contribution in [3.63, 3.8) is 0 Å². The highest BCUT2D eigenvalue weighted by Gasteiger charge is 1.97. The summed E-state index contributed by atoms with van der Waals surface area (Å²) in [4.78, 5) is 10.3. The van der Waals surface area contributed by atoms with Crippen LogP contribution >= 0.6 is 0 Å². The zero-order chi connectivity index (χ0) is 11.3. The predicted octanol–water partition coefficient (Wildman–Crippen LogP) is 1.08. The lowest BCUT2D eigenvalue weighted by Gasteiger charge is -2.08. The Kier molecular flexibility index (Phi) is 3.79. The van der Waals surface area contributed by atoms with Crippen LogP contribution in [0.5, 0.6) is 0 Å². The average Bonchev–Trinajstić information content (AvgIpc) is 2.18. The van der Waals surface area contributed by atoms with Gasteiger partial charge in [0.1, 0.15) is 6.61 Å². The van der Waals surface area contributed by atoms with Crippen molar-refractivity contribution in [2.75, 3.05) is 24.2 Å². The summed E-state index contributed by atoms with van der Waals surface area (Å²) >= 11 is 0. The summed E-state index contributed by atoms with van der Waals surface area (Å²) in [7, 11) is 0. The summed E-state index contributed by atoms with van der Waals surface area (Å²) in [5.41, 5.74) is 13.2. The third-order valence-electron chi connectivity index (χ3n) is 1.95. The second kappa shape index (κ2) is 5.09. The van der Waals surface area contributed by atoms with Crippen LogP contribution in [0.1, 0.15) is 5.56 Å². The van der Waals surface area contributed by atoms with E-state index in [1.54, 1.807) is 0 Å². The van der Waals surface area contributed by atoms with Crippen LogP contribution in [-0.2, 0) is 4.74 Å². The lowest BCUT2D eigenvalue weighted by atomic mass is 10.2. The highest BCUT2D eigenvalue weighted by Crippen LogP contribution is 2.16. The molecule has 0 saturated carbocycles. The SMILES string of the molecule is Cc1ccc(NCCOC(N)=O)cc1N. The van der Waals surface area contributed by atoms with Crippen LogP contribution < -0.4 is 16.8 Å². The normalized spacial score (nSPS) is 9.67. The van der Waals surface area contributed by atoms with Gasteiger partial charge >= 0.3 is 6.09 Å². The summed E-state index contributed by atoms with van der Waals surface area (Å²) < 4.78 is 4.56. The molecule has 0 fully saturated rings. The zero-order valence-electron chi connectivity index (χ0n) is 8.62. The Bertz CT molecular complexity index is 353. The molecule has 0 spiro atoms. The number of carbonyl (C=O) groups excluding carboxylic acids is 1. The topological polar surface area (TPSA) is 90.4 Å². The number of rotatable bonds is 4. The molecule has 0 aliphatic rings. The molecule has 5 heteroatoms. The molecule has 1 rings (SSSR count). The lowest BCUT2D eigenvalue weighted by molar-refractivity contribution is 0.161. The highest BCUT2D eigenvalue weighted by atomic mass is 16.5. The van der Waals surface area contributed by atoms with Gasteiger partial charge in [-0.2, -0.15) is 0 Å². The van der Waals surface area contributed by atoms with E-state index in [0.717, 1.165) is 16.9 Å². The Morgan fingerprint density at radius 1 is 1.53 bits per heavy atom. The average molecular weight is 209 g/mol. The molecule has 82 valence electrons. The second-order valence-corrected chi connectivity index (χ2v) is 3.17. The maximum Gasteiger partial charge on any atom is 0.404 e. The van der Waals surface area contributed by atoms with Crippen molar-refractivity contribution in [1.29, 1.82) is 0 Å². The third-order valence-corrected chi connectivity index (χ3v) is 1.95. The number of carbonyl (C=O) groups is 1. The first-order chi connectivity index (χ1) is 7.09. The molecule has 0 radical (unpaired) electrons. The van der Waals surface area contributed by atoms with Crippen LogP contribution in [0.15, 0.2) is 18.2 Å². The number of primary amides is 1. The molecule has 1 amide bonds. The number of hydrogen-bond donors (Lipinski definition) is 3. The number of nitrogens with one attached hydrogen (secondary N) is 1. The van der Waals surface area contributed by atoms with Crippen molar-refractivity contribution in [3.05, 3.63) is 23.8 Å². The fraction of sp³-hybridized carbons (Fsp3) is 0.300. The van der Waals surface area contributed by atoms with E-state index in [0.29, 0.717) is 6.54 Å². The van der Waals surface area contributed by atoms with Crippen LogP contribution in [0.4, 0.5) is 16.2 Å². The van der Waals surface area contributed by atoms with E-state index in [-0.39, 0.29) is 6.61 Å². The molecule has 0 aliphatic carbocycles. The van der Waals surface area contributed by atoms with Gasteiger partial charge in [0.05, 0.1) is 0 Å². The quantitative estimate of drug-likeness (QED) is 0.511. The Morgan fingerprint density at radius 2 is 2.27 bits per heavy atom. The molecule has 0 heterocycles. The molecule has 0 aliphatic heterocycles. The van der Waals surface area contributed by atoms with E-state index >= 15 is 0 Å². The molecule has 0 saturated heterocycles. The third kappa shape index (κ3) is 3.76. The number of nitrogen functional groups attached to an aromatic ring is 1. The van der Waals surface area contributed by atoms with Crippen molar-refractivity contribution < 1.29 is 9.53 Å². The number of benzene rings is 1. The van der Waals surface area contributed by atoms with Crippen LogP contribution in [-0.4, -0.2) is 19.2 Å². The van der Waals surface area contributed by atoms with Gasteiger partial charge in [0.15, 0.2) is 0 Å². The number of nitrogens with two attached hydrogens (primary N) is 2. The van der Waals surface area contributed by atoms with Crippen molar-refractivity contribution in [3.8, 4) is 0 Å². The molecule has 0 aromatic heterocycles. The number of anilines is 2. The summed E-state index contributed by atoms with van der Waals surface area (Å²) in [6.07, 6.45) is -0.764. The van der Waals surface area contributed by atoms with Crippen LogP contribution in [0.2, 0.25) is 0 Å². The summed E-state index contributed by atoms with van der Waals surface area (Å²) in [6, 6.07) is 5.67. The Morgan fingerprint density at radius 3 is 2.87 bits per heavy atom. The molecule has 5 N–H and O–H groups in total. The molecule has 0 atom stereocenters. The van der Waals surface area contributed by atoms with Gasteiger partial charge < -0.3 is 21.5 Å². The standard InChI is InChI=1S/C10H15N3O2/c1-7-2-3-8(6-9(7)11)13-4-5-15-10(12)14/h2-3,6,13H,4-5,11H2,1H3,(H2,12,14). The Hall–Kier alpha value is -1.91. The first kappa shape index (κ1) is 11.2. The van der Waals surface area contributed by atoms with Gasteiger partial charge in [-0.1, -0.05) is 6.07 Å². The van der Waals surface area contributed by atoms with Crippen LogP contribution in [0.3, 0.4) is 0 Å². The molecular formula is C10H15N3O2. The molecule has 0 bridgehead atoms. The summed E-state index contributed by atoms with van der Waals surface area (Å²) in [5.74, 6) is 0. The second-order valence-electron chi connectivity index (χ2n) is 3.17. The van der Waals surface area contributed by atoms with E-state index in [2.05, 4.69) is 10.1 Å². The van der Waals surface area contributed by atoms with Gasteiger partial charge in [-0.15, -0.1) is 0 Å². The van der Waals surface area contributed by atoms with E-state index in [1.165, 1.54) is 0 Å². The van der Waals surface area contributed by atoms with Gasteiger partial charge in [-0.25, -0.2) is 4.79 Å². The largest absolute Gasteiger partial charge is 0.448 e. The molecule has 0 unspecified atom stereocenters. The van der Waals surface area contributed by atoms with Gasteiger partial charge in [-0.05, 0) is 24.6 Å².